The quantitative estimate of drug-likeness (QED) is 0.908. The van der Waals surface area contributed by atoms with Gasteiger partial charge in [0.25, 0.3) is 0 Å². The molecule has 6 nitrogen and oxygen atoms in total. The first-order valence-electron chi connectivity index (χ1n) is 6.39. The lowest BCUT2D eigenvalue weighted by Gasteiger charge is -2.16. The highest BCUT2D eigenvalue weighted by Gasteiger charge is 2.11. The normalized spacial score (nSPS) is 11.3. The minimum absolute atomic E-state index is 0.0428. The Morgan fingerprint density at radius 2 is 1.95 bits per heavy atom. The summed E-state index contributed by atoms with van der Waals surface area (Å²) in [5, 5.41) is 12.0. The number of nitrogens with one attached hydrogen (secondary N) is 1. The first kappa shape index (κ1) is 14.6. The Balaban J connectivity index is 2.20. The third kappa shape index (κ3) is 3.39. The summed E-state index contributed by atoms with van der Waals surface area (Å²) in [6, 6.07) is 9.18. The van der Waals surface area contributed by atoms with Crippen LogP contribution in [0.3, 0.4) is 0 Å². The van der Waals surface area contributed by atoms with Crippen molar-refractivity contribution >= 4 is 5.95 Å². The minimum Gasteiger partial charge on any atom is -0.493 e. The van der Waals surface area contributed by atoms with Gasteiger partial charge in [-0.05, 0) is 30.7 Å². The molecule has 1 heterocycles. The van der Waals surface area contributed by atoms with Crippen molar-refractivity contribution in [2.75, 3.05) is 19.5 Å². The molecule has 0 spiro atoms. The fourth-order valence-electron chi connectivity index (χ4n) is 1.89. The molecule has 21 heavy (non-hydrogen) atoms. The van der Waals surface area contributed by atoms with Gasteiger partial charge in [-0.1, -0.05) is 6.07 Å². The van der Waals surface area contributed by atoms with E-state index < -0.39 is 0 Å². The number of hydrogen-bond donors (Lipinski definition) is 1. The summed E-state index contributed by atoms with van der Waals surface area (Å²) >= 11 is 0. The highest BCUT2D eigenvalue weighted by Crippen LogP contribution is 2.30. The number of nitriles is 1. The molecule has 0 aliphatic carbocycles. The van der Waals surface area contributed by atoms with Gasteiger partial charge >= 0.3 is 0 Å². The number of hydrogen-bond acceptors (Lipinski definition) is 6. The van der Waals surface area contributed by atoms with Crippen molar-refractivity contribution < 1.29 is 9.47 Å². The molecule has 1 atom stereocenters. The van der Waals surface area contributed by atoms with Crippen LogP contribution in [0.5, 0.6) is 11.5 Å². The standard InChI is InChI=1S/C15H16N4O2/c1-10(18-15-17-7-6-12(9-16)19-15)11-4-5-13(20-2)14(8-11)21-3/h4-8,10H,1-3H3,(H,17,18,19). The van der Waals surface area contributed by atoms with Gasteiger partial charge in [-0.2, -0.15) is 5.26 Å². The lowest BCUT2D eigenvalue weighted by atomic mass is 10.1. The molecule has 1 unspecified atom stereocenters. The molecule has 6 heteroatoms. The van der Waals surface area contributed by atoms with Gasteiger partial charge in [0.15, 0.2) is 11.5 Å². The van der Waals surface area contributed by atoms with E-state index in [0.29, 0.717) is 23.1 Å². The van der Waals surface area contributed by atoms with Gasteiger partial charge in [-0.15, -0.1) is 0 Å². The highest BCUT2D eigenvalue weighted by molar-refractivity contribution is 5.45. The van der Waals surface area contributed by atoms with Crippen molar-refractivity contribution in [2.24, 2.45) is 0 Å². The smallest absolute Gasteiger partial charge is 0.224 e. The average molecular weight is 284 g/mol. The lowest BCUT2D eigenvalue weighted by Crippen LogP contribution is -2.10. The number of rotatable bonds is 5. The van der Waals surface area contributed by atoms with Crippen LogP contribution in [0, 0.1) is 11.3 Å². The third-order valence-electron chi connectivity index (χ3n) is 3.02. The number of ether oxygens (including phenoxy) is 2. The average Bonchev–Trinajstić information content (AvgIpc) is 2.54. The maximum atomic E-state index is 8.84. The molecule has 0 bridgehead atoms. The van der Waals surface area contributed by atoms with Gasteiger partial charge in [-0.3, -0.25) is 0 Å². The molecular formula is C15H16N4O2. The summed E-state index contributed by atoms with van der Waals surface area (Å²) in [6.07, 6.45) is 1.55. The third-order valence-corrected chi connectivity index (χ3v) is 3.02. The summed E-state index contributed by atoms with van der Waals surface area (Å²) in [5.74, 6) is 1.75. The molecule has 2 aromatic rings. The van der Waals surface area contributed by atoms with Crippen LogP contribution in [0.15, 0.2) is 30.5 Å². The number of nitrogens with zero attached hydrogens (tertiary/aromatic N) is 3. The molecule has 1 aromatic heterocycles. The molecule has 1 N–H and O–H groups in total. The van der Waals surface area contributed by atoms with Gasteiger partial charge in [0, 0.05) is 6.20 Å². The van der Waals surface area contributed by atoms with Crippen LogP contribution in [-0.4, -0.2) is 24.2 Å². The summed E-state index contributed by atoms with van der Waals surface area (Å²) < 4.78 is 10.5. The molecule has 0 aliphatic heterocycles. The first-order valence-corrected chi connectivity index (χ1v) is 6.39. The summed E-state index contributed by atoms with van der Waals surface area (Å²) in [5.41, 5.74) is 1.32. The zero-order chi connectivity index (χ0) is 15.2. The van der Waals surface area contributed by atoms with Crippen molar-refractivity contribution in [2.45, 2.75) is 13.0 Å². The van der Waals surface area contributed by atoms with E-state index in [1.165, 1.54) is 0 Å². The summed E-state index contributed by atoms with van der Waals surface area (Å²) in [6.45, 7) is 1.98. The van der Waals surface area contributed by atoms with Crippen molar-refractivity contribution in [1.82, 2.24) is 9.97 Å². The zero-order valence-electron chi connectivity index (χ0n) is 12.1. The molecule has 1 aromatic carbocycles. The Morgan fingerprint density at radius 3 is 2.62 bits per heavy atom. The van der Waals surface area contributed by atoms with E-state index in [1.54, 1.807) is 26.5 Å². The molecule has 0 radical (unpaired) electrons. The molecule has 0 fully saturated rings. The van der Waals surface area contributed by atoms with Crippen LogP contribution in [0.1, 0.15) is 24.2 Å². The maximum Gasteiger partial charge on any atom is 0.224 e. The van der Waals surface area contributed by atoms with E-state index in [1.807, 2.05) is 31.2 Å². The van der Waals surface area contributed by atoms with Crippen LogP contribution in [0.4, 0.5) is 5.95 Å². The second kappa shape index (κ2) is 6.57. The predicted octanol–water partition coefficient (Wildman–Crippen LogP) is 2.54. The minimum atomic E-state index is -0.0428. The van der Waals surface area contributed by atoms with E-state index in [0.717, 1.165) is 5.56 Å². The number of aromatic nitrogens is 2. The maximum absolute atomic E-state index is 8.84. The van der Waals surface area contributed by atoms with Crippen LogP contribution in [-0.2, 0) is 0 Å². The number of benzene rings is 1. The van der Waals surface area contributed by atoms with Crippen LogP contribution < -0.4 is 14.8 Å². The largest absolute Gasteiger partial charge is 0.493 e. The fraction of sp³-hybridized carbons (Fsp3) is 0.267. The SMILES string of the molecule is COc1ccc(C(C)Nc2nccc(C#N)n2)cc1OC. The molecular weight excluding hydrogens is 268 g/mol. The fourth-order valence-corrected chi connectivity index (χ4v) is 1.89. The molecule has 0 amide bonds. The van der Waals surface area contributed by atoms with Gasteiger partial charge in [-0.25, -0.2) is 9.97 Å². The Morgan fingerprint density at radius 1 is 1.19 bits per heavy atom. The number of methoxy groups -OCH3 is 2. The van der Waals surface area contributed by atoms with E-state index in [4.69, 9.17) is 14.7 Å². The predicted molar refractivity (Wildman–Crippen MR) is 78.3 cm³/mol. The Kier molecular flexibility index (Phi) is 4.57. The molecule has 0 aliphatic rings. The van der Waals surface area contributed by atoms with Gasteiger partial charge in [0.05, 0.1) is 20.3 Å². The molecule has 0 saturated carbocycles. The van der Waals surface area contributed by atoms with Crippen molar-refractivity contribution in [3.63, 3.8) is 0 Å². The van der Waals surface area contributed by atoms with Gasteiger partial charge in [0.1, 0.15) is 11.8 Å². The van der Waals surface area contributed by atoms with Gasteiger partial charge in [0.2, 0.25) is 5.95 Å². The lowest BCUT2D eigenvalue weighted by molar-refractivity contribution is 0.354. The van der Waals surface area contributed by atoms with E-state index in [-0.39, 0.29) is 6.04 Å². The van der Waals surface area contributed by atoms with E-state index in [2.05, 4.69) is 15.3 Å². The Bertz CT molecular complexity index is 667. The van der Waals surface area contributed by atoms with Crippen molar-refractivity contribution in [1.29, 1.82) is 5.26 Å². The second-order valence-electron chi connectivity index (χ2n) is 4.36. The van der Waals surface area contributed by atoms with Crippen LogP contribution >= 0.6 is 0 Å². The van der Waals surface area contributed by atoms with Gasteiger partial charge < -0.3 is 14.8 Å². The van der Waals surface area contributed by atoms with Crippen molar-refractivity contribution in [3.05, 3.63) is 41.7 Å². The monoisotopic (exact) mass is 284 g/mol. The second-order valence-corrected chi connectivity index (χ2v) is 4.36. The Labute approximate surface area is 123 Å². The summed E-state index contributed by atoms with van der Waals surface area (Å²) in [7, 11) is 3.19. The molecule has 2 rings (SSSR count). The molecule has 0 saturated heterocycles. The zero-order valence-corrected chi connectivity index (χ0v) is 12.1. The Hall–Kier alpha value is -2.81. The van der Waals surface area contributed by atoms with Crippen LogP contribution in [0.25, 0.3) is 0 Å². The van der Waals surface area contributed by atoms with Crippen molar-refractivity contribution in [3.8, 4) is 17.6 Å². The van der Waals surface area contributed by atoms with E-state index >= 15 is 0 Å². The summed E-state index contributed by atoms with van der Waals surface area (Å²) in [4.78, 5) is 8.19. The van der Waals surface area contributed by atoms with Crippen LogP contribution in [0.2, 0.25) is 0 Å². The van der Waals surface area contributed by atoms with E-state index in [9.17, 15) is 0 Å². The number of anilines is 1. The highest BCUT2D eigenvalue weighted by atomic mass is 16.5. The topological polar surface area (TPSA) is 80.1 Å². The molecule has 108 valence electrons. The first-order chi connectivity index (χ1) is 10.2.